The summed E-state index contributed by atoms with van der Waals surface area (Å²) in [5.41, 5.74) is 2.41. The smallest absolute Gasteiger partial charge is 0.261 e. The first-order valence-electron chi connectivity index (χ1n) is 11.2. The monoisotopic (exact) mass is 515 g/mol. The van der Waals surface area contributed by atoms with Gasteiger partial charge in [0.2, 0.25) is 10.0 Å². The van der Waals surface area contributed by atoms with Gasteiger partial charge in [0.1, 0.15) is 0 Å². The number of hydrogen-bond donors (Lipinski definition) is 1. The molecular formula is C25H29N3O5S2. The predicted molar refractivity (Wildman–Crippen MR) is 137 cm³/mol. The van der Waals surface area contributed by atoms with Gasteiger partial charge in [-0.3, -0.25) is 4.72 Å². The fourth-order valence-corrected chi connectivity index (χ4v) is 5.96. The van der Waals surface area contributed by atoms with Crippen molar-refractivity contribution in [2.75, 3.05) is 43.4 Å². The van der Waals surface area contributed by atoms with Crippen LogP contribution in [-0.2, 0) is 31.2 Å². The second-order valence-corrected chi connectivity index (χ2v) is 12.3. The van der Waals surface area contributed by atoms with Crippen LogP contribution < -0.4 is 9.62 Å². The average molecular weight is 516 g/mol. The molecule has 0 radical (unpaired) electrons. The molecule has 1 N–H and O–H groups in total. The van der Waals surface area contributed by atoms with Gasteiger partial charge < -0.3 is 9.64 Å². The molecule has 1 aliphatic rings. The number of nitrogens with zero attached hydrogens (tertiary/aromatic N) is 2. The van der Waals surface area contributed by atoms with Crippen molar-refractivity contribution in [3.05, 3.63) is 84.4 Å². The van der Waals surface area contributed by atoms with Crippen LogP contribution in [0.15, 0.2) is 88.7 Å². The summed E-state index contributed by atoms with van der Waals surface area (Å²) in [6.45, 7) is 1.81. The van der Waals surface area contributed by atoms with E-state index in [1.165, 1.54) is 43.9 Å². The fourth-order valence-electron chi connectivity index (χ4n) is 3.98. The summed E-state index contributed by atoms with van der Waals surface area (Å²) >= 11 is 0. The molecule has 1 saturated heterocycles. The molecule has 10 heteroatoms. The molecule has 1 atom stereocenters. The quantitative estimate of drug-likeness (QED) is 0.495. The lowest BCUT2D eigenvalue weighted by Gasteiger charge is -2.35. The molecule has 0 saturated carbocycles. The van der Waals surface area contributed by atoms with Crippen LogP contribution in [0.4, 0.5) is 11.4 Å². The van der Waals surface area contributed by atoms with Crippen LogP contribution in [0.25, 0.3) is 0 Å². The van der Waals surface area contributed by atoms with Gasteiger partial charge >= 0.3 is 0 Å². The van der Waals surface area contributed by atoms with Gasteiger partial charge in [0, 0.05) is 33.6 Å². The van der Waals surface area contributed by atoms with Gasteiger partial charge in [0.25, 0.3) is 10.0 Å². The van der Waals surface area contributed by atoms with Gasteiger partial charge in [-0.25, -0.2) is 21.1 Å². The Bertz CT molecular complexity index is 1360. The van der Waals surface area contributed by atoms with Crippen LogP contribution in [0.2, 0.25) is 0 Å². The van der Waals surface area contributed by atoms with Crippen molar-refractivity contribution in [1.82, 2.24) is 4.31 Å². The lowest BCUT2D eigenvalue weighted by atomic mass is 10.1. The summed E-state index contributed by atoms with van der Waals surface area (Å²) < 4.78 is 60.6. The second-order valence-electron chi connectivity index (χ2n) is 8.51. The maximum Gasteiger partial charge on any atom is 0.261 e. The summed E-state index contributed by atoms with van der Waals surface area (Å²) in [6.07, 6.45) is 0.759. The third-order valence-electron chi connectivity index (χ3n) is 5.85. The minimum Gasteiger partial charge on any atom is -0.374 e. The number of nitrogens with one attached hydrogen (secondary N) is 1. The zero-order valence-electron chi connectivity index (χ0n) is 19.7. The van der Waals surface area contributed by atoms with Crippen molar-refractivity contribution >= 4 is 31.4 Å². The van der Waals surface area contributed by atoms with E-state index in [4.69, 9.17) is 4.74 Å². The zero-order valence-corrected chi connectivity index (χ0v) is 21.3. The first kappa shape index (κ1) is 25.2. The number of hydrogen-bond acceptors (Lipinski definition) is 6. The van der Waals surface area contributed by atoms with Crippen LogP contribution in [0, 0.1) is 0 Å². The van der Waals surface area contributed by atoms with E-state index in [1.54, 1.807) is 12.1 Å². The van der Waals surface area contributed by atoms with E-state index in [1.807, 2.05) is 30.3 Å². The normalized spacial score (nSPS) is 16.9. The topological polar surface area (TPSA) is 96.0 Å². The summed E-state index contributed by atoms with van der Waals surface area (Å²) in [5, 5.41) is 0. The largest absolute Gasteiger partial charge is 0.374 e. The molecule has 4 rings (SSSR count). The Labute approximate surface area is 207 Å². The SMILES string of the molecule is CN(C)S(=O)(=O)c1ccc(S(=O)(=O)Nc2ccccc2N2CCOC(Cc3ccccc3)C2)cc1. The average Bonchev–Trinajstić information content (AvgIpc) is 2.85. The molecule has 186 valence electrons. The molecule has 0 spiro atoms. The molecule has 3 aromatic rings. The number of para-hydroxylation sites is 2. The lowest BCUT2D eigenvalue weighted by Crippen LogP contribution is -2.43. The highest BCUT2D eigenvalue weighted by molar-refractivity contribution is 7.92. The van der Waals surface area contributed by atoms with Gasteiger partial charge in [0.15, 0.2) is 0 Å². The number of sulfonamides is 2. The van der Waals surface area contributed by atoms with Crippen LogP contribution in [-0.4, -0.2) is 61.0 Å². The third-order valence-corrected chi connectivity index (χ3v) is 9.06. The van der Waals surface area contributed by atoms with Crippen molar-refractivity contribution in [1.29, 1.82) is 0 Å². The first-order chi connectivity index (χ1) is 16.7. The molecule has 0 aromatic heterocycles. The summed E-state index contributed by atoms with van der Waals surface area (Å²) in [5.74, 6) is 0. The molecule has 1 aliphatic heterocycles. The highest BCUT2D eigenvalue weighted by Gasteiger charge is 2.25. The molecule has 0 amide bonds. The second kappa shape index (κ2) is 10.4. The summed E-state index contributed by atoms with van der Waals surface area (Å²) in [6, 6.07) is 22.6. The Morgan fingerprint density at radius 1 is 0.886 bits per heavy atom. The Morgan fingerprint density at radius 3 is 2.20 bits per heavy atom. The number of anilines is 2. The maximum absolute atomic E-state index is 13.1. The van der Waals surface area contributed by atoms with Crippen molar-refractivity contribution in [3.63, 3.8) is 0 Å². The third kappa shape index (κ3) is 5.84. The van der Waals surface area contributed by atoms with E-state index in [0.29, 0.717) is 25.4 Å². The molecule has 0 aliphatic carbocycles. The van der Waals surface area contributed by atoms with Crippen LogP contribution in [0.3, 0.4) is 0 Å². The standard InChI is InChI=1S/C25H29N3O5S2/c1-27(2)35(31,32)23-14-12-22(13-15-23)34(29,30)26-24-10-6-7-11-25(24)28-16-17-33-21(19-28)18-20-8-4-3-5-9-20/h3-15,21,26H,16-19H2,1-2H3. The minimum atomic E-state index is -3.94. The Morgan fingerprint density at radius 2 is 1.51 bits per heavy atom. The first-order valence-corrected chi connectivity index (χ1v) is 14.1. The highest BCUT2D eigenvalue weighted by atomic mass is 32.2. The van der Waals surface area contributed by atoms with Gasteiger partial charge in [-0.05, 0) is 42.0 Å². The van der Waals surface area contributed by atoms with E-state index in [9.17, 15) is 16.8 Å². The van der Waals surface area contributed by atoms with E-state index >= 15 is 0 Å². The zero-order chi connectivity index (χ0) is 25.1. The Hall–Kier alpha value is -2.92. The van der Waals surface area contributed by atoms with E-state index in [2.05, 4.69) is 21.8 Å². The van der Waals surface area contributed by atoms with Gasteiger partial charge in [0.05, 0.1) is 33.9 Å². The van der Waals surface area contributed by atoms with Gasteiger partial charge in [-0.1, -0.05) is 42.5 Å². The number of ether oxygens (including phenoxy) is 1. The molecule has 1 heterocycles. The summed E-state index contributed by atoms with van der Waals surface area (Å²) in [4.78, 5) is 2.13. The number of rotatable bonds is 8. The predicted octanol–water partition coefficient (Wildman–Crippen LogP) is 3.19. The number of morpholine rings is 1. The van der Waals surface area contributed by atoms with Gasteiger partial charge in [-0.15, -0.1) is 0 Å². The molecule has 1 fully saturated rings. The molecule has 3 aromatic carbocycles. The molecule has 8 nitrogen and oxygen atoms in total. The van der Waals surface area contributed by atoms with Gasteiger partial charge in [-0.2, -0.15) is 0 Å². The lowest BCUT2D eigenvalue weighted by molar-refractivity contribution is 0.0411. The van der Waals surface area contributed by atoms with Crippen molar-refractivity contribution < 1.29 is 21.6 Å². The molecule has 0 bridgehead atoms. The molecular weight excluding hydrogens is 486 g/mol. The van der Waals surface area contributed by atoms with Crippen molar-refractivity contribution in [2.24, 2.45) is 0 Å². The Balaban J connectivity index is 1.53. The van der Waals surface area contributed by atoms with E-state index in [-0.39, 0.29) is 15.9 Å². The minimum absolute atomic E-state index is 0.0120. The van der Waals surface area contributed by atoms with E-state index in [0.717, 1.165) is 16.4 Å². The van der Waals surface area contributed by atoms with Crippen LogP contribution in [0.5, 0.6) is 0 Å². The van der Waals surface area contributed by atoms with Crippen LogP contribution in [0.1, 0.15) is 5.56 Å². The fraction of sp³-hybridized carbons (Fsp3) is 0.280. The molecule has 35 heavy (non-hydrogen) atoms. The summed E-state index contributed by atoms with van der Waals surface area (Å²) in [7, 11) is -4.73. The Kier molecular flexibility index (Phi) is 7.46. The maximum atomic E-state index is 13.1. The highest BCUT2D eigenvalue weighted by Crippen LogP contribution is 2.30. The number of benzene rings is 3. The van der Waals surface area contributed by atoms with E-state index < -0.39 is 20.0 Å². The van der Waals surface area contributed by atoms with Crippen LogP contribution >= 0.6 is 0 Å². The molecule has 1 unspecified atom stereocenters. The van der Waals surface area contributed by atoms with Crippen molar-refractivity contribution in [2.45, 2.75) is 22.3 Å². The van der Waals surface area contributed by atoms with Crippen molar-refractivity contribution in [3.8, 4) is 0 Å².